The second kappa shape index (κ2) is 9.06. The van der Waals surface area contributed by atoms with Crippen LogP contribution in [0.15, 0.2) is 12.1 Å². The van der Waals surface area contributed by atoms with Crippen molar-refractivity contribution in [2.45, 2.75) is 83.8 Å². The lowest BCUT2D eigenvalue weighted by Gasteiger charge is -2.49. The lowest BCUT2D eigenvalue weighted by Crippen LogP contribution is -2.43. The Bertz CT molecular complexity index is 988. The van der Waals surface area contributed by atoms with Gasteiger partial charge in [-0.05, 0) is 80.2 Å². The Morgan fingerprint density at radius 1 is 1.11 bits per heavy atom. The number of ether oxygens (including phenoxy) is 1. The molecule has 6 nitrogen and oxygen atoms in total. The monoisotopic (exact) mass is 487 g/mol. The van der Waals surface area contributed by atoms with Crippen molar-refractivity contribution < 1.29 is 28.9 Å². The van der Waals surface area contributed by atoms with Crippen LogP contribution in [-0.2, 0) is 4.79 Å². The highest BCUT2D eigenvalue weighted by Gasteiger charge is 2.47. The molecule has 2 N–H and O–H groups in total. The molecule has 35 heavy (non-hydrogen) atoms. The number of carboxylic acids is 1. The zero-order valence-electron chi connectivity index (χ0n) is 21.0. The van der Waals surface area contributed by atoms with Crippen molar-refractivity contribution in [3.05, 3.63) is 29.1 Å². The fourth-order valence-electron chi connectivity index (χ4n) is 7.59. The Balaban J connectivity index is 1.40. The molecule has 1 saturated heterocycles. The summed E-state index contributed by atoms with van der Waals surface area (Å²) in [6.45, 7) is 6.71. The first-order valence-corrected chi connectivity index (χ1v) is 13.2. The van der Waals surface area contributed by atoms with Crippen LogP contribution in [-0.4, -0.2) is 52.3 Å². The number of fused-ring (bicyclic) bond motifs is 2. The van der Waals surface area contributed by atoms with Gasteiger partial charge in [-0.2, -0.15) is 0 Å². The Labute approximate surface area is 206 Å². The van der Waals surface area contributed by atoms with Crippen molar-refractivity contribution in [2.75, 3.05) is 13.2 Å². The number of carbonyl (C=O) groups excluding carboxylic acids is 1. The van der Waals surface area contributed by atoms with Crippen LogP contribution in [0.4, 0.5) is 4.39 Å². The largest absolute Gasteiger partial charge is 0.493 e. The van der Waals surface area contributed by atoms with Crippen LogP contribution in [0.1, 0.15) is 87.6 Å². The number of rotatable bonds is 6. The summed E-state index contributed by atoms with van der Waals surface area (Å²) < 4.78 is 21.7. The standard InChI is InChI=1S/C28H38FNO5/c1-15-6-18-7-16(2)11-28(10-15,12-18)14-35-24-9-22(29)21(8-20(24)19-4-5-19)26(32)30-13-23(31)17(3)25(30)27(33)34/h8-9,15-19,23,25,31H,4-7,10-14H2,1-3H3,(H,33,34)/t15?,16?,17-,18?,23-,25+,28?/m1/s1. The van der Waals surface area contributed by atoms with Gasteiger partial charge in [-0.15, -0.1) is 0 Å². The topological polar surface area (TPSA) is 87.1 Å². The fraction of sp³-hybridized carbons (Fsp3) is 0.714. The summed E-state index contributed by atoms with van der Waals surface area (Å²) in [6.07, 6.45) is 6.99. The van der Waals surface area contributed by atoms with E-state index in [-0.39, 0.29) is 23.4 Å². The number of aliphatic hydroxyl groups is 1. The van der Waals surface area contributed by atoms with Crippen LogP contribution >= 0.6 is 0 Å². The molecule has 0 spiro atoms. The normalized spacial score (nSPS) is 36.8. The van der Waals surface area contributed by atoms with E-state index in [1.165, 1.54) is 25.3 Å². The molecule has 0 aromatic heterocycles. The zero-order chi connectivity index (χ0) is 25.1. The molecular formula is C28H38FNO5. The zero-order valence-corrected chi connectivity index (χ0v) is 21.0. The van der Waals surface area contributed by atoms with Crippen molar-refractivity contribution in [1.29, 1.82) is 0 Å². The molecule has 0 radical (unpaired) electrons. The molecule has 2 unspecified atom stereocenters. The van der Waals surface area contributed by atoms with Gasteiger partial charge in [-0.25, -0.2) is 9.18 Å². The summed E-state index contributed by atoms with van der Waals surface area (Å²) in [5.41, 5.74) is 0.834. The van der Waals surface area contributed by atoms with Crippen molar-refractivity contribution in [2.24, 2.45) is 29.1 Å². The lowest BCUT2D eigenvalue weighted by atomic mass is 9.57. The SMILES string of the molecule is CC1CC2CC(C)CC(COc3cc(F)c(C(=O)N4C[C@@H](O)[C@@H](C)[C@H]4C(=O)O)cc3C3CC3)(C1)C2. The molecule has 4 aliphatic rings. The number of aliphatic carboxylic acids is 1. The van der Waals surface area contributed by atoms with Crippen LogP contribution in [0.2, 0.25) is 0 Å². The van der Waals surface area contributed by atoms with Gasteiger partial charge in [-0.1, -0.05) is 20.8 Å². The van der Waals surface area contributed by atoms with Crippen molar-refractivity contribution in [3.63, 3.8) is 0 Å². The van der Waals surface area contributed by atoms with Gasteiger partial charge in [0.2, 0.25) is 0 Å². The molecule has 7 heteroatoms. The van der Waals surface area contributed by atoms with E-state index in [2.05, 4.69) is 13.8 Å². The number of halogens is 1. The van der Waals surface area contributed by atoms with Gasteiger partial charge in [0.1, 0.15) is 17.6 Å². The van der Waals surface area contributed by atoms with E-state index in [9.17, 15) is 19.8 Å². The van der Waals surface area contributed by atoms with Crippen LogP contribution in [0, 0.1) is 34.9 Å². The average molecular weight is 488 g/mol. The number of benzene rings is 1. The summed E-state index contributed by atoms with van der Waals surface area (Å²) in [6, 6.07) is 1.73. The number of likely N-dealkylation sites (tertiary alicyclic amines) is 1. The Hall–Kier alpha value is -2.15. The van der Waals surface area contributed by atoms with Gasteiger partial charge in [0.05, 0.1) is 18.3 Å². The summed E-state index contributed by atoms with van der Waals surface area (Å²) in [4.78, 5) is 26.1. The number of hydrogen-bond acceptors (Lipinski definition) is 4. The lowest BCUT2D eigenvalue weighted by molar-refractivity contribution is -0.142. The van der Waals surface area contributed by atoms with Crippen LogP contribution < -0.4 is 4.74 Å². The third kappa shape index (κ3) is 4.68. The molecule has 1 heterocycles. The molecule has 1 amide bonds. The average Bonchev–Trinajstić information content (AvgIpc) is 3.56. The van der Waals surface area contributed by atoms with Gasteiger partial charge in [0.25, 0.3) is 5.91 Å². The minimum absolute atomic E-state index is 0.118. The number of nitrogens with zero attached hydrogens (tertiary/aromatic N) is 1. The number of amides is 1. The van der Waals surface area contributed by atoms with E-state index in [0.717, 1.165) is 42.1 Å². The van der Waals surface area contributed by atoms with Gasteiger partial charge >= 0.3 is 5.97 Å². The first kappa shape index (κ1) is 24.5. The molecule has 3 aliphatic carbocycles. The number of carbonyl (C=O) groups is 2. The highest BCUT2D eigenvalue weighted by Crippen LogP contribution is 2.53. The summed E-state index contributed by atoms with van der Waals surface area (Å²) in [5, 5.41) is 19.8. The summed E-state index contributed by atoms with van der Waals surface area (Å²) >= 11 is 0. The smallest absolute Gasteiger partial charge is 0.326 e. The quantitative estimate of drug-likeness (QED) is 0.600. The van der Waals surface area contributed by atoms with Crippen molar-refractivity contribution in [1.82, 2.24) is 4.90 Å². The molecule has 1 aromatic carbocycles. The van der Waals surface area contributed by atoms with E-state index in [1.807, 2.05) is 0 Å². The molecule has 4 fully saturated rings. The Morgan fingerprint density at radius 2 is 1.77 bits per heavy atom. The maximum absolute atomic E-state index is 15.3. The molecule has 192 valence electrons. The van der Waals surface area contributed by atoms with Crippen LogP contribution in [0.25, 0.3) is 0 Å². The fourth-order valence-corrected chi connectivity index (χ4v) is 7.59. The summed E-state index contributed by atoms with van der Waals surface area (Å²) in [7, 11) is 0. The number of hydrogen-bond donors (Lipinski definition) is 2. The molecule has 1 aliphatic heterocycles. The minimum Gasteiger partial charge on any atom is -0.493 e. The molecule has 2 bridgehead atoms. The first-order chi connectivity index (χ1) is 16.6. The predicted molar refractivity (Wildman–Crippen MR) is 129 cm³/mol. The third-order valence-corrected chi connectivity index (χ3v) is 8.98. The van der Waals surface area contributed by atoms with Crippen molar-refractivity contribution >= 4 is 11.9 Å². The van der Waals surface area contributed by atoms with Gasteiger partial charge in [-0.3, -0.25) is 4.79 Å². The predicted octanol–water partition coefficient (Wildman–Crippen LogP) is 4.84. The Kier molecular flexibility index (Phi) is 6.35. The molecule has 5 rings (SSSR count). The highest BCUT2D eigenvalue weighted by molar-refractivity contribution is 5.97. The summed E-state index contributed by atoms with van der Waals surface area (Å²) in [5.74, 6) is -0.354. The third-order valence-electron chi connectivity index (χ3n) is 8.98. The van der Waals surface area contributed by atoms with Crippen LogP contribution in [0.5, 0.6) is 5.75 Å². The van der Waals surface area contributed by atoms with Gasteiger partial charge in [0.15, 0.2) is 0 Å². The Morgan fingerprint density at radius 3 is 2.37 bits per heavy atom. The van der Waals surface area contributed by atoms with E-state index >= 15 is 4.39 Å². The van der Waals surface area contributed by atoms with E-state index in [4.69, 9.17) is 4.74 Å². The minimum atomic E-state index is -1.19. The number of β-amino-alcohol motifs (C(OH)–C–C–N with tert-alkyl or cyclic N) is 1. The van der Waals surface area contributed by atoms with Crippen molar-refractivity contribution in [3.8, 4) is 5.75 Å². The molecular weight excluding hydrogens is 449 g/mol. The van der Waals surface area contributed by atoms with Gasteiger partial charge < -0.3 is 19.8 Å². The van der Waals surface area contributed by atoms with E-state index in [0.29, 0.717) is 24.2 Å². The second-order valence-electron chi connectivity index (χ2n) is 12.3. The first-order valence-electron chi connectivity index (χ1n) is 13.2. The number of carboxylic acid groups (broad SMARTS) is 1. The molecule has 3 saturated carbocycles. The van der Waals surface area contributed by atoms with Gasteiger partial charge in [0, 0.05) is 23.9 Å². The molecule has 5 atom stereocenters. The maximum Gasteiger partial charge on any atom is 0.326 e. The second-order valence-corrected chi connectivity index (χ2v) is 12.3. The van der Waals surface area contributed by atoms with E-state index < -0.39 is 35.8 Å². The molecule has 1 aromatic rings. The van der Waals surface area contributed by atoms with Crippen LogP contribution in [0.3, 0.4) is 0 Å². The number of aliphatic hydroxyl groups excluding tert-OH is 1. The maximum atomic E-state index is 15.3. The highest BCUT2D eigenvalue weighted by atomic mass is 19.1. The van der Waals surface area contributed by atoms with E-state index in [1.54, 1.807) is 13.0 Å².